The first-order chi connectivity index (χ1) is 15.2. The number of aryl methyl sites for hydroxylation is 1. The van der Waals surface area contributed by atoms with E-state index in [9.17, 15) is 23.1 Å². The smallest absolute Gasteiger partial charge is 0.435 e. The van der Waals surface area contributed by atoms with Gasteiger partial charge in [0.15, 0.2) is 11.5 Å². The van der Waals surface area contributed by atoms with Crippen LogP contribution in [-0.4, -0.2) is 42.5 Å². The number of aliphatic imine (C=N–C) groups is 1. The first-order valence-corrected chi connectivity index (χ1v) is 9.94. The molecular formula is C20H21ClF3N7O2. The van der Waals surface area contributed by atoms with Crippen molar-refractivity contribution in [2.45, 2.75) is 32.5 Å². The molecule has 33 heavy (non-hydrogen) atoms. The molecule has 0 atom stereocenters. The van der Waals surface area contributed by atoms with Gasteiger partial charge in [-0.15, -0.1) is 0 Å². The monoisotopic (exact) mass is 483 g/mol. The zero-order chi connectivity index (χ0) is 24.6. The predicted octanol–water partition coefficient (Wildman–Crippen LogP) is 4.18. The highest BCUT2D eigenvalue weighted by molar-refractivity contribution is 6.33. The number of phenolic OH excluding ortho intramolecular Hbond substituents is 1. The Balaban J connectivity index is 1.89. The third-order valence-electron chi connectivity index (χ3n) is 4.09. The van der Waals surface area contributed by atoms with E-state index in [-0.39, 0.29) is 17.5 Å². The van der Waals surface area contributed by atoms with Gasteiger partial charge in [0.1, 0.15) is 5.75 Å². The number of nitrogens with one attached hydrogen (secondary N) is 3. The number of phenols is 1. The minimum atomic E-state index is -4.81. The van der Waals surface area contributed by atoms with E-state index in [1.54, 1.807) is 20.8 Å². The minimum Gasteiger partial charge on any atom is -0.508 e. The molecule has 0 saturated heterocycles. The van der Waals surface area contributed by atoms with Crippen molar-refractivity contribution in [2.24, 2.45) is 12.0 Å². The van der Waals surface area contributed by atoms with Gasteiger partial charge in [0, 0.05) is 24.9 Å². The van der Waals surface area contributed by atoms with Crippen molar-refractivity contribution in [1.82, 2.24) is 25.3 Å². The number of benzene rings is 1. The van der Waals surface area contributed by atoms with Gasteiger partial charge >= 0.3 is 6.18 Å². The highest BCUT2D eigenvalue weighted by Gasteiger charge is 2.39. The number of alkyl halides is 3. The molecule has 4 N–H and O–H groups in total. The third kappa shape index (κ3) is 6.04. The van der Waals surface area contributed by atoms with Gasteiger partial charge in [-0.25, -0.2) is 4.99 Å². The first-order valence-electron chi connectivity index (χ1n) is 9.56. The average Bonchev–Trinajstić information content (AvgIpc) is 3.28. The Labute approximate surface area is 191 Å². The summed E-state index contributed by atoms with van der Waals surface area (Å²) >= 11 is 6.16. The van der Waals surface area contributed by atoms with Crippen molar-refractivity contribution in [3.8, 4) is 17.0 Å². The lowest BCUT2D eigenvalue weighted by Gasteiger charge is -2.17. The second kappa shape index (κ2) is 8.77. The van der Waals surface area contributed by atoms with Crippen LogP contribution in [0.15, 0.2) is 35.5 Å². The van der Waals surface area contributed by atoms with Crippen molar-refractivity contribution in [3.05, 3.63) is 46.7 Å². The second-order valence-electron chi connectivity index (χ2n) is 8.10. The minimum absolute atomic E-state index is 0.00213. The number of aromatic amines is 1. The SMILES string of the molecule is Cn1cc(C(=O)NC(=NC(C)(C)C)Nc2cc(-c3cc(O)ccc3Cl)[nH]n2)c(C(F)(F)F)n1. The summed E-state index contributed by atoms with van der Waals surface area (Å²) in [6, 6.07) is 5.92. The number of aromatic nitrogens is 4. The van der Waals surface area contributed by atoms with Crippen LogP contribution >= 0.6 is 11.6 Å². The number of H-pyrrole nitrogens is 1. The normalized spacial score (nSPS) is 12.7. The highest BCUT2D eigenvalue weighted by atomic mass is 35.5. The fraction of sp³-hybridized carbons (Fsp3) is 0.300. The molecule has 0 unspecified atom stereocenters. The van der Waals surface area contributed by atoms with Crippen LogP contribution in [-0.2, 0) is 13.2 Å². The van der Waals surface area contributed by atoms with Gasteiger partial charge in [0.25, 0.3) is 5.91 Å². The Morgan fingerprint density at radius 1 is 1.24 bits per heavy atom. The number of hydrogen-bond acceptors (Lipinski definition) is 5. The van der Waals surface area contributed by atoms with Gasteiger partial charge in [-0.3, -0.25) is 19.9 Å². The molecule has 9 nitrogen and oxygen atoms in total. The number of anilines is 1. The van der Waals surface area contributed by atoms with E-state index in [1.807, 2.05) is 0 Å². The lowest BCUT2D eigenvalue weighted by molar-refractivity contribution is -0.141. The number of hydrogen-bond donors (Lipinski definition) is 4. The summed E-state index contributed by atoms with van der Waals surface area (Å²) in [7, 11) is 1.28. The van der Waals surface area contributed by atoms with Gasteiger partial charge in [0.05, 0.1) is 21.8 Å². The summed E-state index contributed by atoms with van der Waals surface area (Å²) in [5, 5.41) is 25.4. The van der Waals surface area contributed by atoms with Crippen LogP contribution < -0.4 is 10.6 Å². The molecule has 13 heteroatoms. The van der Waals surface area contributed by atoms with Gasteiger partial charge in [0.2, 0.25) is 5.96 Å². The zero-order valence-electron chi connectivity index (χ0n) is 18.0. The Morgan fingerprint density at radius 2 is 1.94 bits per heavy atom. The number of rotatable bonds is 3. The number of aromatic hydroxyl groups is 1. The molecule has 0 radical (unpaired) electrons. The van der Waals surface area contributed by atoms with Crippen molar-refractivity contribution >= 4 is 29.3 Å². The van der Waals surface area contributed by atoms with Crippen molar-refractivity contribution in [3.63, 3.8) is 0 Å². The molecule has 0 saturated carbocycles. The highest BCUT2D eigenvalue weighted by Crippen LogP contribution is 2.32. The number of guanidine groups is 1. The Bertz CT molecular complexity index is 1210. The van der Waals surface area contributed by atoms with Crippen LogP contribution in [0.25, 0.3) is 11.3 Å². The number of halogens is 4. The second-order valence-corrected chi connectivity index (χ2v) is 8.51. The molecule has 176 valence electrons. The zero-order valence-corrected chi connectivity index (χ0v) is 18.8. The Kier molecular flexibility index (Phi) is 6.41. The van der Waals surface area contributed by atoms with Crippen LogP contribution in [0.2, 0.25) is 5.02 Å². The molecule has 0 bridgehead atoms. The fourth-order valence-electron chi connectivity index (χ4n) is 2.83. The van der Waals surface area contributed by atoms with Gasteiger partial charge in [-0.05, 0) is 39.0 Å². The number of nitrogens with zero attached hydrogens (tertiary/aromatic N) is 4. The molecule has 2 aromatic heterocycles. The van der Waals surface area contributed by atoms with E-state index in [0.29, 0.717) is 16.3 Å². The lowest BCUT2D eigenvalue weighted by atomic mass is 10.1. The molecule has 0 aliphatic carbocycles. The molecule has 3 rings (SSSR count). The van der Waals surface area contributed by atoms with Crippen molar-refractivity contribution in [2.75, 3.05) is 5.32 Å². The number of carbonyl (C=O) groups is 1. The van der Waals surface area contributed by atoms with E-state index in [1.165, 1.54) is 31.3 Å². The van der Waals surface area contributed by atoms with Crippen LogP contribution in [0.5, 0.6) is 5.75 Å². The summed E-state index contributed by atoms with van der Waals surface area (Å²) in [5.41, 5.74) is -1.72. The molecule has 0 aliphatic rings. The van der Waals surface area contributed by atoms with Gasteiger partial charge in [-0.2, -0.15) is 23.4 Å². The molecule has 2 heterocycles. The summed E-state index contributed by atoms with van der Waals surface area (Å²) in [6.45, 7) is 5.23. The average molecular weight is 484 g/mol. The first kappa shape index (κ1) is 24.1. The largest absolute Gasteiger partial charge is 0.508 e. The maximum atomic E-state index is 13.3. The topological polar surface area (TPSA) is 120 Å². The number of carbonyl (C=O) groups excluding carboxylic acids is 1. The van der Waals surface area contributed by atoms with E-state index in [0.717, 1.165) is 10.9 Å². The number of amides is 1. The van der Waals surface area contributed by atoms with Crippen molar-refractivity contribution < 1.29 is 23.1 Å². The summed E-state index contributed by atoms with van der Waals surface area (Å²) in [5.74, 6) is -0.963. The molecule has 1 aromatic carbocycles. The van der Waals surface area contributed by atoms with Crippen LogP contribution in [0.3, 0.4) is 0 Å². The molecule has 1 amide bonds. The van der Waals surface area contributed by atoms with E-state index >= 15 is 0 Å². The Morgan fingerprint density at radius 3 is 2.58 bits per heavy atom. The third-order valence-corrected chi connectivity index (χ3v) is 4.42. The predicted molar refractivity (Wildman–Crippen MR) is 117 cm³/mol. The van der Waals surface area contributed by atoms with Crippen LogP contribution in [0, 0.1) is 0 Å². The quantitative estimate of drug-likeness (QED) is 0.329. The maximum absolute atomic E-state index is 13.3. The molecule has 0 aliphatic heterocycles. The van der Waals surface area contributed by atoms with Crippen molar-refractivity contribution in [1.29, 1.82) is 0 Å². The lowest BCUT2D eigenvalue weighted by Crippen LogP contribution is -2.38. The fourth-order valence-corrected chi connectivity index (χ4v) is 3.05. The van der Waals surface area contributed by atoms with Crippen LogP contribution in [0.4, 0.5) is 19.0 Å². The summed E-state index contributed by atoms with van der Waals surface area (Å²) in [4.78, 5) is 17.0. The Hall–Kier alpha value is -3.54. The van der Waals surface area contributed by atoms with E-state index < -0.39 is 28.9 Å². The standard InChI is InChI=1S/C20H21ClF3N7O2/c1-19(2,3)27-18(26-17(33)12-9-31(4)30-16(12)20(22,23)24)25-15-8-14(28-29-15)11-7-10(32)5-6-13(11)21/h5-9,32H,1-4H3,(H3,25,26,27,28,29,33). The van der Waals surface area contributed by atoms with Crippen LogP contribution in [0.1, 0.15) is 36.8 Å². The summed E-state index contributed by atoms with van der Waals surface area (Å²) < 4.78 is 40.7. The van der Waals surface area contributed by atoms with E-state index in [2.05, 4.69) is 30.9 Å². The molecule has 3 aromatic rings. The van der Waals surface area contributed by atoms with Gasteiger partial charge < -0.3 is 10.4 Å². The maximum Gasteiger partial charge on any atom is 0.435 e. The molecule has 0 spiro atoms. The summed E-state index contributed by atoms with van der Waals surface area (Å²) in [6.07, 6.45) is -3.83. The van der Waals surface area contributed by atoms with E-state index in [4.69, 9.17) is 11.6 Å². The molecule has 0 fully saturated rings. The van der Waals surface area contributed by atoms with Gasteiger partial charge in [-0.1, -0.05) is 11.6 Å². The molecular weight excluding hydrogens is 463 g/mol.